The van der Waals surface area contributed by atoms with E-state index < -0.39 is 6.04 Å². The molecule has 1 saturated heterocycles. The van der Waals surface area contributed by atoms with Gasteiger partial charge in [0.25, 0.3) is 0 Å². The van der Waals surface area contributed by atoms with Crippen LogP contribution >= 0.6 is 0 Å². The number of aromatic nitrogens is 1. The summed E-state index contributed by atoms with van der Waals surface area (Å²) in [6.45, 7) is 0. The van der Waals surface area contributed by atoms with Crippen molar-refractivity contribution in [1.29, 1.82) is 5.26 Å². The van der Waals surface area contributed by atoms with Gasteiger partial charge in [-0.15, -0.1) is 0 Å². The van der Waals surface area contributed by atoms with Gasteiger partial charge in [-0.1, -0.05) is 30.3 Å². The molecule has 0 spiro atoms. The van der Waals surface area contributed by atoms with E-state index in [1.807, 2.05) is 36.4 Å². The van der Waals surface area contributed by atoms with Crippen LogP contribution in [-0.4, -0.2) is 28.6 Å². The number of carbonyl (C=O) groups excluding carboxylic acids is 1. The number of fused-ring (bicyclic) bond motifs is 2. The number of rotatable bonds is 5. The molecular weight excluding hydrogens is 380 g/mol. The summed E-state index contributed by atoms with van der Waals surface area (Å²) in [5.74, 6) is 0.175. The largest absolute Gasteiger partial charge is 0.419 e. The maximum Gasteiger partial charge on any atom is 0.419 e. The zero-order valence-electron chi connectivity index (χ0n) is 16.6. The second kappa shape index (κ2) is 7.15. The normalized spacial score (nSPS) is 23.0. The highest BCUT2D eigenvalue weighted by molar-refractivity contribution is 5.83. The van der Waals surface area contributed by atoms with E-state index in [4.69, 9.17) is 4.42 Å². The van der Waals surface area contributed by atoms with Crippen molar-refractivity contribution in [1.82, 2.24) is 15.2 Å². The lowest BCUT2D eigenvalue weighted by molar-refractivity contribution is -0.123. The average molecular weight is 402 g/mol. The summed E-state index contributed by atoms with van der Waals surface area (Å²) in [6.07, 6.45) is 2.50. The van der Waals surface area contributed by atoms with Gasteiger partial charge in [-0.25, -0.2) is 4.79 Å². The summed E-state index contributed by atoms with van der Waals surface area (Å²) in [5.41, 5.74) is 4.25. The zero-order chi connectivity index (χ0) is 20.8. The Hall–Kier alpha value is -3.37. The number of oxazole rings is 1. The topological polar surface area (TPSA) is 100 Å². The predicted octanol–water partition coefficient (Wildman–Crippen LogP) is 2.10. The summed E-state index contributed by atoms with van der Waals surface area (Å²) < 4.78 is 6.66. The fourth-order valence-electron chi connectivity index (χ4n) is 4.30. The number of piperidine rings is 1. The minimum atomic E-state index is -0.557. The summed E-state index contributed by atoms with van der Waals surface area (Å²) in [4.78, 5) is 24.1. The first-order valence-corrected chi connectivity index (χ1v) is 10.2. The summed E-state index contributed by atoms with van der Waals surface area (Å²) in [5, 5.41) is 15.7. The van der Waals surface area contributed by atoms with Crippen molar-refractivity contribution in [3.8, 4) is 17.2 Å². The van der Waals surface area contributed by atoms with Crippen LogP contribution in [0.5, 0.6) is 0 Å². The van der Waals surface area contributed by atoms with Gasteiger partial charge in [-0.05, 0) is 47.6 Å². The highest BCUT2D eigenvalue weighted by Crippen LogP contribution is 2.40. The number of carbonyl (C=O) groups is 1. The Bertz CT molecular complexity index is 1210. The van der Waals surface area contributed by atoms with Gasteiger partial charge >= 0.3 is 5.76 Å². The van der Waals surface area contributed by atoms with Crippen LogP contribution in [-0.2, 0) is 18.3 Å². The lowest BCUT2D eigenvalue weighted by atomic mass is 10.0. The monoisotopic (exact) mass is 402 g/mol. The molecule has 152 valence electrons. The van der Waals surface area contributed by atoms with E-state index in [0.717, 1.165) is 28.6 Å². The van der Waals surface area contributed by atoms with Crippen LogP contribution in [0, 0.1) is 17.2 Å². The molecule has 5 rings (SSSR count). The van der Waals surface area contributed by atoms with E-state index in [-0.39, 0.29) is 17.7 Å². The molecule has 0 radical (unpaired) electrons. The summed E-state index contributed by atoms with van der Waals surface area (Å²) >= 11 is 0. The number of benzene rings is 2. The number of nitriles is 1. The lowest BCUT2D eigenvalue weighted by Gasteiger charge is -2.17. The number of hydrogen-bond acceptors (Lipinski definition) is 5. The molecule has 2 aromatic carbocycles. The van der Waals surface area contributed by atoms with Gasteiger partial charge in [0.1, 0.15) is 6.04 Å². The van der Waals surface area contributed by atoms with Gasteiger partial charge in [0.2, 0.25) is 5.91 Å². The van der Waals surface area contributed by atoms with Gasteiger partial charge in [0.05, 0.1) is 17.6 Å². The summed E-state index contributed by atoms with van der Waals surface area (Å²) in [7, 11) is 1.68. The second-order valence-corrected chi connectivity index (χ2v) is 8.26. The molecule has 3 aromatic rings. The third-order valence-corrected chi connectivity index (χ3v) is 6.18. The van der Waals surface area contributed by atoms with Crippen LogP contribution in [0.25, 0.3) is 22.2 Å². The average Bonchev–Trinajstić information content (AvgIpc) is 3.26. The van der Waals surface area contributed by atoms with E-state index in [0.29, 0.717) is 24.0 Å². The van der Waals surface area contributed by atoms with E-state index in [1.54, 1.807) is 13.1 Å². The van der Waals surface area contributed by atoms with E-state index in [1.165, 1.54) is 11.0 Å². The van der Waals surface area contributed by atoms with E-state index >= 15 is 0 Å². The lowest BCUT2D eigenvalue weighted by Crippen LogP contribution is -2.46. The highest BCUT2D eigenvalue weighted by atomic mass is 16.4. The summed E-state index contributed by atoms with van der Waals surface area (Å²) in [6, 6.07) is 15.5. The van der Waals surface area contributed by atoms with Crippen LogP contribution in [0.1, 0.15) is 18.4 Å². The quantitative estimate of drug-likeness (QED) is 0.681. The van der Waals surface area contributed by atoms with Crippen molar-refractivity contribution in [3.05, 3.63) is 58.6 Å². The second-order valence-electron chi connectivity index (χ2n) is 8.26. The maximum atomic E-state index is 12.4. The first kappa shape index (κ1) is 18.6. The molecule has 1 aromatic heterocycles. The molecule has 30 heavy (non-hydrogen) atoms. The third-order valence-electron chi connectivity index (χ3n) is 6.18. The van der Waals surface area contributed by atoms with Crippen LogP contribution in [0.4, 0.5) is 0 Å². The molecule has 2 N–H and O–H groups in total. The first-order valence-electron chi connectivity index (χ1n) is 10.2. The predicted molar refractivity (Wildman–Crippen MR) is 112 cm³/mol. The highest BCUT2D eigenvalue weighted by Gasteiger charge is 2.47. The number of nitrogens with one attached hydrogen (secondary N) is 2. The van der Waals surface area contributed by atoms with Crippen molar-refractivity contribution >= 4 is 17.0 Å². The SMILES string of the molecule is Cn1c(=O)oc2ccc(-c3ccc(C[C@@H](C#N)NC(=O)[C@@H]4C[C@H]5C[C@H]5N4)cc3)cc21. The number of aryl methyl sites for hydroxylation is 1. The number of amides is 1. The van der Waals surface area contributed by atoms with Crippen LogP contribution in [0.3, 0.4) is 0 Å². The fourth-order valence-corrected chi connectivity index (χ4v) is 4.30. The third kappa shape index (κ3) is 3.40. The molecule has 2 aliphatic rings. The molecule has 2 heterocycles. The van der Waals surface area contributed by atoms with E-state index in [9.17, 15) is 14.9 Å². The molecule has 1 aliphatic heterocycles. The molecule has 0 unspecified atom stereocenters. The van der Waals surface area contributed by atoms with Crippen molar-refractivity contribution in [2.75, 3.05) is 0 Å². The van der Waals surface area contributed by atoms with Gasteiger partial charge in [-0.2, -0.15) is 5.26 Å². The molecule has 1 saturated carbocycles. The van der Waals surface area contributed by atoms with Crippen molar-refractivity contribution in [3.63, 3.8) is 0 Å². The number of hydrogen-bond donors (Lipinski definition) is 2. The Balaban J connectivity index is 1.27. The van der Waals surface area contributed by atoms with Gasteiger partial charge in [0, 0.05) is 19.5 Å². The Kier molecular flexibility index (Phi) is 4.44. The zero-order valence-corrected chi connectivity index (χ0v) is 16.6. The van der Waals surface area contributed by atoms with Crippen molar-refractivity contribution < 1.29 is 9.21 Å². The Morgan fingerprint density at radius 2 is 2.03 bits per heavy atom. The minimum absolute atomic E-state index is 0.0793. The van der Waals surface area contributed by atoms with Crippen LogP contribution in [0.15, 0.2) is 51.7 Å². The molecule has 4 atom stereocenters. The van der Waals surface area contributed by atoms with E-state index in [2.05, 4.69) is 16.7 Å². The Morgan fingerprint density at radius 1 is 1.27 bits per heavy atom. The minimum Gasteiger partial charge on any atom is -0.408 e. The molecule has 7 heteroatoms. The number of nitrogens with zero attached hydrogens (tertiary/aromatic N) is 2. The van der Waals surface area contributed by atoms with Crippen LogP contribution in [0.2, 0.25) is 0 Å². The molecular formula is C23H22N4O3. The molecule has 0 bridgehead atoms. The standard InChI is InChI=1S/C23H22N4O3/c1-27-20-11-15(6-7-21(20)30-23(27)29)14-4-2-13(3-5-14)8-17(12-24)25-22(28)19-10-16-9-18(16)26-19/h2-7,11,16-19,26H,8-10H2,1H3,(H,25,28)/t16-,17+,18-,19+/m1/s1. The van der Waals surface area contributed by atoms with Gasteiger partial charge < -0.3 is 15.1 Å². The Labute approximate surface area is 173 Å². The Morgan fingerprint density at radius 3 is 2.73 bits per heavy atom. The fraction of sp³-hybridized carbons (Fsp3) is 0.348. The van der Waals surface area contributed by atoms with Crippen LogP contribution < -0.4 is 16.4 Å². The van der Waals surface area contributed by atoms with Crippen molar-refractivity contribution in [2.24, 2.45) is 13.0 Å². The molecule has 2 fully saturated rings. The smallest absolute Gasteiger partial charge is 0.408 e. The van der Waals surface area contributed by atoms with Gasteiger partial charge in [-0.3, -0.25) is 9.36 Å². The van der Waals surface area contributed by atoms with Crippen molar-refractivity contribution in [2.45, 2.75) is 37.4 Å². The molecule has 7 nitrogen and oxygen atoms in total. The first-order chi connectivity index (χ1) is 14.5. The maximum absolute atomic E-state index is 12.4. The van der Waals surface area contributed by atoms with Gasteiger partial charge in [0.15, 0.2) is 5.58 Å². The molecule has 1 amide bonds. The molecule has 1 aliphatic carbocycles.